The quantitative estimate of drug-likeness (QED) is 0.502. The van der Waals surface area contributed by atoms with Gasteiger partial charge < -0.3 is 9.64 Å². The maximum atomic E-state index is 6.10. The van der Waals surface area contributed by atoms with Gasteiger partial charge in [0.2, 0.25) is 0 Å². The minimum atomic E-state index is 0.239. The van der Waals surface area contributed by atoms with Crippen molar-refractivity contribution in [3.8, 4) is 0 Å². The third-order valence-electron chi connectivity index (χ3n) is 6.15. The van der Waals surface area contributed by atoms with E-state index in [1.165, 1.54) is 5.56 Å². The molecule has 0 aliphatic carbocycles. The average molecular weight is 430 g/mol. The van der Waals surface area contributed by atoms with Crippen molar-refractivity contribution in [2.24, 2.45) is 0 Å². The van der Waals surface area contributed by atoms with Gasteiger partial charge in [0.25, 0.3) is 0 Å². The molecule has 4 nitrogen and oxygen atoms in total. The van der Waals surface area contributed by atoms with E-state index in [0.717, 1.165) is 62.8 Å². The van der Waals surface area contributed by atoms with Crippen LogP contribution >= 0.6 is 11.6 Å². The second kappa shape index (κ2) is 11.7. The molecule has 0 radical (unpaired) electrons. The molecule has 1 aliphatic rings. The second-order valence-corrected chi connectivity index (χ2v) is 8.70. The summed E-state index contributed by atoms with van der Waals surface area (Å²) >= 11 is 6.10. The summed E-state index contributed by atoms with van der Waals surface area (Å²) in [5.74, 6) is 1.10. The Hall–Kier alpha value is -1.62. The van der Waals surface area contributed by atoms with Crippen LogP contribution in [0.1, 0.15) is 45.6 Å². The van der Waals surface area contributed by atoms with Crippen LogP contribution in [0.5, 0.6) is 0 Å². The maximum Gasteiger partial charge on any atom is 0.128 e. The Kier molecular flexibility index (Phi) is 8.98. The SMILES string of the molecule is CCO[C@@H](C)CN(C1CCN(c2ccccn2)CC1)[C@H](CC)Cc1ccc(Cl)cc1. The summed E-state index contributed by atoms with van der Waals surface area (Å²) in [6, 6.07) is 15.6. The minimum Gasteiger partial charge on any atom is -0.377 e. The number of anilines is 1. The Labute approximate surface area is 187 Å². The predicted octanol–water partition coefficient (Wildman–Crippen LogP) is 5.45. The molecule has 2 heterocycles. The highest BCUT2D eigenvalue weighted by Gasteiger charge is 2.30. The van der Waals surface area contributed by atoms with Gasteiger partial charge in [0.1, 0.15) is 5.82 Å². The molecule has 0 unspecified atom stereocenters. The van der Waals surface area contributed by atoms with Crippen LogP contribution in [-0.2, 0) is 11.2 Å². The van der Waals surface area contributed by atoms with Crippen molar-refractivity contribution >= 4 is 17.4 Å². The molecule has 30 heavy (non-hydrogen) atoms. The number of piperidine rings is 1. The van der Waals surface area contributed by atoms with Gasteiger partial charge >= 0.3 is 0 Å². The zero-order valence-electron chi connectivity index (χ0n) is 18.6. The number of nitrogens with zero attached hydrogens (tertiary/aromatic N) is 3. The summed E-state index contributed by atoms with van der Waals surface area (Å²) in [7, 11) is 0. The van der Waals surface area contributed by atoms with Gasteiger partial charge in [-0.25, -0.2) is 4.98 Å². The van der Waals surface area contributed by atoms with Gasteiger partial charge in [0, 0.05) is 49.5 Å². The molecular weight excluding hydrogens is 394 g/mol. The Morgan fingerprint density at radius 2 is 1.87 bits per heavy atom. The molecule has 5 heteroatoms. The first-order valence-corrected chi connectivity index (χ1v) is 11.8. The summed E-state index contributed by atoms with van der Waals surface area (Å²) < 4.78 is 5.93. The Morgan fingerprint density at radius 3 is 2.47 bits per heavy atom. The van der Waals surface area contributed by atoms with E-state index in [1.54, 1.807) is 0 Å². The summed E-state index contributed by atoms with van der Waals surface area (Å²) in [5.41, 5.74) is 1.35. The van der Waals surface area contributed by atoms with Crippen LogP contribution in [0.2, 0.25) is 5.02 Å². The topological polar surface area (TPSA) is 28.6 Å². The molecule has 1 aromatic heterocycles. The summed E-state index contributed by atoms with van der Waals surface area (Å²) in [5, 5.41) is 0.801. The smallest absolute Gasteiger partial charge is 0.128 e. The molecule has 0 amide bonds. The molecule has 1 fully saturated rings. The van der Waals surface area contributed by atoms with Gasteiger partial charge in [-0.15, -0.1) is 0 Å². The first-order valence-electron chi connectivity index (χ1n) is 11.4. The fourth-order valence-electron chi connectivity index (χ4n) is 4.59. The lowest BCUT2D eigenvalue weighted by Gasteiger charge is -2.43. The lowest BCUT2D eigenvalue weighted by Crippen LogP contribution is -2.52. The molecule has 3 rings (SSSR count). The number of hydrogen-bond acceptors (Lipinski definition) is 4. The molecule has 1 aromatic carbocycles. The number of rotatable bonds is 10. The van der Waals surface area contributed by atoms with Crippen molar-refractivity contribution in [2.45, 2.75) is 64.6 Å². The molecule has 0 N–H and O–H groups in total. The van der Waals surface area contributed by atoms with Gasteiger partial charge in [-0.1, -0.05) is 36.7 Å². The van der Waals surface area contributed by atoms with Gasteiger partial charge in [0.15, 0.2) is 0 Å². The molecule has 164 valence electrons. The van der Waals surface area contributed by atoms with Crippen LogP contribution in [0.4, 0.5) is 5.82 Å². The van der Waals surface area contributed by atoms with E-state index < -0.39 is 0 Å². The summed E-state index contributed by atoms with van der Waals surface area (Å²) in [4.78, 5) is 9.69. The van der Waals surface area contributed by atoms with E-state index in [2.05, 4.69) is 59.8 Å². The molecular formula is C25H36ClN3O. The number of benzene rings is 1. The van der Waals surface area contributed by atoms with Crippen LogP contribution in [-0.4, -0.2) is 54.3 Å². The number of aromatic nitrogens is 1. The normalized spacial score (nSPS) is 17.3. The van der Waals surface area contributed by atoms with E-state index in [4.69, 9.17) is 16.3 Å². The van der Waals surface area contributed by atoms with Gasteiger partial charge in [0.05, 0.1) is 6.10 Å². The standard InChI is InChI=1S/C25H36ClN3O/c1-4-23(18-21-9-11-22(26)12-10-21)29(19-20(3)30-5-2)24-13-16-28(17-14-24)25-8-6-7-15-27-25/h6-12,15,20,23-24H,4-5,13-14,16-19H2,1-3H3/t20-,23+/m0/s1. The van der Waals surface area contributed by atoms with Crippen molar-refractivity contribution in [3.63, 3.8) is 0 Å². The number of halogens is 1. The van der Waals surface area contributed by atoms with Crippen molar-refractivity contribution in [2.75, 3.05) is 31.1 Å². The van der Waals surface area contributed by atoms with Crippen molar-refractivity contribution in [1.29, 1.82) is 0 Å². The van der Waals surface area contributed by atoms with Crippen LogP contribution < -0.4 is 4.90 Å². The van der Waals surface area contributed by atoms with Crippen LogP contribution in [0, 0.1) is 0 Å². The summed E-state index contributed by atoms with van der Waals surface area (Å²) in [6.45, 7) is 10.4. The predicted molar refractivity (Wildman–Crippen MR) is 127 cm³/mol. The van der Waals surface area contributed by atoms with Gasteiger partial charge in [-0.2, -0.15) is 0 Å². The number of hydrogen-bond donors (Lipinski definition) is 0. The van der Waals surface area contributed by atoms with Crippen molar-refractivity contribution < 1.29 is 4.74 Å². The van der Waals surface area contributed by atoms with E-state index in [9.17, 15) is 0 Å². The molecule has 0 spiro atoms. The van der Waals surface area contributed by atoms with E-state index in [0.29, 0.717) is 12.1 Å². The second-order valence-electron chi connectivity index (χ2n) is 8.26. The zero-order valence-corrected chi connectivity index (χ0v) is 19.4. The third-order valence-corrected chi connectivity index (χ3v) is 6.40. The lowest BCUT2D eigenvalue weighted by molar-refractivity contribution is 0.0102. The molecule has 2 atom stereocenters. The first-order chi connectivity index (χ1) is 14.6. The fraction of sp³-hybridized carbons (Fsp3) is 0.560. The van der Waals surface area contributed by atoms with Crippen LogP contribution in [0.3, 0.4) is 0 Å². The highest BCUT2D eigenvalue weighted by molar-refractivity contribution is 6.30. The van der Waals surface area contributed by atoms with Crippen molar-refractivity contribution in [3.05, 3.63) is 59.2 Å². The first kappa shape index (κ1) is 23.1. The lowest BCUT2D eigenvalue weighted by atomic mass is 9.96. The number of ether oxygens (including phenoxy) is 1. The van der Waals surface area contributed by atoms with Crippen LogP contribution in [0.25, 0.3) is 0 Å². The average Bonchev–Trinajstić information content (AvgIpc) is 2.78. The fourth-order valence-corrected chi connectivity index (χ4v) is 4.71. The molecule has 1 aliphatic heterocycles. The third kappa shape index (κ3) is 6.44. The molecule has 1 saturated heterocycles. The van der Waals surface area contributed by atoms with Crippen molar-refractivity contribution in [1.82, 2.24) is 9.88 Å². The Bertz CT molecular complexity index is 732. The Balaban J connectivity index is 1.70. The van der Waals surface area contributed by atoms with E-state index in [-0.39, 0.29) is 6.10 Å². The zero-order chi connectivity index (χ0) is 21.3. The summed E-state index contributed by atoms with van der Waals surface area (Å²) in [6.07, 6.45) is 6.62. The highest BCUT2D eigenvalue weighted by atomic mass is 35.5. The maximum absolute atomic E-state index is 6.10. The Morgan fingerprint density at radius 1 is 1.13 bits per heavy atom. The van der Waals surface area contributed by atoms with Gasteiger partial charge in [-0.3, -0.25) is 4.90 Å². The molecule has 0 saturated carbocycles. The molecule has 0 bridgehead atoms. The minimum absolute atomic E-state index is 0.239. The van der Waals surface area contributed by atoms with E-state index >= 15 is 0 Å². The van der Waals surface area contributed by atoms with Crippen LogP contribution in [0.15, 0.2) is 48.7 Å². The largest absolute Gasteiger partial charge is 0.377 e. The highest BCUT2D eigenvalue weighted by Crippen LogP contribution is 2.25. The molecule has 2 aromatic rings. The number of pyridine rings is 1. The monoisotopic (exact) mass is 429 g/mol. The van der Waals surface area contributed by atoms with Gasteiger partial charge in [-0.05, 0) is 69.4 Å². The van der Waals surface area contributed by atoms with E-state index in [1.807, 2.05) is 24.4 Å².